The van der Waals surface area contributed by atoms with Crippen molar-refractivity contribution in [2.75, 3.05) is 0 Å². The minimum absolute atomic E-state index is 0.236. The van der Waals surface area contributed by atoms with E-state index >= 15 is 0 Å². The van der Waals surface area contributed by atoms with Crippen molar-refractivity contribution < 1.29 is 9.66 Å². The number of nitrogens with zero attached hydrogens (tertiary/aromatic N) is 1. The Balaban J connectivity index is 2.08. The molecule has 22 heavy (non-hydrogen) atoms. The minimum atomic E-state index is -0.541. The van der Waals surface area contributed by atoms with E-state index in [-0.39, 0.29) is 6.61 Å². The Bertz CT molecular complexity index is 732. The average molecular weight is 359 g/mol. The Morgan fingerprint density at radius 3 is 2.50 bits per heavy atom. The lowest BCUT2D eigenvalue weighted by Crippen LogP contribution is -1.97. The number of hydrogen-bond donors (Lipinski definition) is 0. The molecule has 0 amide bonds. The summed E-state index contributed by atoms with van der Waals surface area (Å²) < 4.78 is 5.61. The summed E-state index contributed by atoms with van der Waals surface area (Å²) >= 11 is 18.0. The van der Waals surface area contributed by atoms with Gasteiger partial charge in [-0.2, -0.15) is 0 Å². The molecule has 0 radical (unpaired) electrons. The fourth-order valence-electron chi connectivity index (χ4n) is 1.68. The lowest BCUT2D eigenvalue weighted by Gasteiger charge is -2.10. The summed E-state index contributed by atoms with van der Waals surface area (Å²) in [4.78, 5) is 9.74. The maximum Gasteiger partial charge on any atom is 0.235 e. The number of ether oxygens (including phenoxy) is 1. The van der Waals surface area contributed by atoms with E-state index in [1.807, 2.05) is 0 Å². The predicted molar refractivity (Wildman–Crippen MR) is 88.3 cm³/mol. The molecule has 0 aliphatic heterocycles. The molecule has 0 saturated heterocycles. The molecule has 0 unspecified atom stereocenters. The minimum Gasteiger partial charge on any atom is -0.487 e. The number of hydrogen-bond acceptors (Lipinski definition) is 3. The molecule has 2 aromatic carbocycles. The van der Waals surface area contributed by atoms with Gasteiger partial charge in [0.2, 0.25) is 6.20 Å². The van der Waals surface area contributed by atoms with Crippen LogP contribution in [0.25, 0.3) is 6.08 Å². The molecule has 114 valence electrons. The van der Waals surface area contributed by atoms with Gasteiger partial charge in [0.05, 0.1) is 9.95 Å². The zero-order valence-corrected chi connectivity index (χ0v) is 13.4. The van der Waals surface area contributed by atoms with Gasteiger partial charge in [-0.3, -0.25) is 10.1 Å². The lowest BCUT2D eigenvalue weighted by atomic mass is 10.2. The molecule has 0 spiro atoms. The smallest absolute Gasteiger partial charge is 0.235 e. The van der Waals surface area contributed by atoms with Crippen LogP contribution in [0.4, 0.5) is 0 Å². The van der Waals surface area contributed by atoms with Gasteiger partial charge >= 0.3 is 0 Å². The first-order valence-corrected chi connectivity index (χ1v) is 7.27. The predicted octanol–water partition coefficient (Wildman–Crippen LogP) is 5.47. The highest BCUT2D eigenvalue weighted by atomic mass is 35.5. The molecule has 0 aliphatic carbocycles. The molecule has 2 aromatic rings. The Morgan fingerprint density at radius 1 is 1.09 bits per heavy atom. The molecule has 2 rings (SSSR count). The summed E-state index contributed by atoms with van der Waals surface area (Å²) in [6, 6.07) is 10.0. The summed E-state index contributed by atoms with van der Waals surface area (Å²) in [7, 11) is 0. The van der Waals surface area contributed by atoms with Crippen molar-refractivity contribution in [1.29, 1.82) is 0 Å². The molecular formula is C15H10Cl3NO3. The number of nitro groups is 1. The highest BCUT2D eigenvalue weighted by Crippen LogP contribution is 2.28. The Hall–Kier alpha value is -1.75. The van der Waals surface area contributed by atoms with Crippen molar-refractivity contribution in [1.82, 2.24) is 0 Å². The highest BCUT2D eigenvalue weighted by molar-refractivity contribution is 6.35. The van der Waals surface area contributed by atoms with Gasteiger partial charge in [0, 0.05) is 21.7 Å². The second-order valence-corrected chi connectivity index (χ2v) is 5.57. The third-order valence-electron chi connectivity index (χ3n) is 2.74. The normalized spacial score (nSPS) is 10.9. The maximum absolute atomic E-state index is 10.3. The topological polar surface area (TPSA) is 52.4 Å². The van der Waals surface area contributed by atoms with E-state index in [9.17, 15) is 10.1 Å². The van der Waals surface area contributed by atoms with Gasteiger partial charge < -0.3 is 4.74 Å². The summed E-state index contributed by atoms with van der Waals surface area (Å²) in [5.41, 5.74) is 1.39. The first-order valence-electron chi connectivity index (χ1n) is 6.13. The standard InChI is InChI=1S/C15H10Cl3NO3/c16-12-3-2-11(13(17)8-12)9-22-15-4-1-10(7-14(15)18)5-6-19(20)21/h1-8H,9H2. The zero-order valence-electron chi connectivity index (χ0n) is 11.1. The Labute approximate surface area is 142 Å². The van der Waals surface area contributed by atoms with Crippen LogP contribution in [-0.4, -0.2) is 4.92 Å². The fourth-order valence-corrected chi connectivity index (χ4v) is 2.39. The van der Waals surface area contributed by atoms with Gasteiger partial charge in [-0.1, -0.05) is 46.9 Å². The van der Waals surface area contributed by atoms with Crippen LogP contribution in [0.2, 0.25) is 15.1 Å². The van der Waals surface area contributed by atoms with Crippen molar-refractivity contribution in [3.8, 4) is 5.75 Å². The molecule has 0 fully saturated rings. The largest absolute Gasteiger partial charge is 0.487 e. The lowest BCUT2D eigenvalue weighted by molar-refractivity contribution is -0.400. The molecule has 0 N–H and O–H groups in total. The van der Waals surface area contributed by atoms with Crippen molar-refractivity contribution in [2.24, 2.45) is 0 Å². The molecular weight excluding hydrogens is 349 g/mol. The highest BCUT2D eigenvalue weighted by Gasteiger charge is 2.06. The van der Waals surface area contributed by atoms with Gasteiger partial charge in [0.15, 0.2) is 0 Å². The summed E-state index contributed by atoms with van der Waals surface area (Å²) in [6.07, 6.45) is 2.20. The number of benzene rings is 2. The van der Waals surface area contributed by atoms with Crippen molar-refractivity contribution in [3.05, 3.63) is 78.9 Å². The average Bonchev–Trinajstić information content (AvgIpc) is 2.45. The van der Waals surface area contributed by atoms with Gasteiger partial charge in [-0.25, -0.2) is 0 Å². The van der Waals surface area contributed by atoms with E-state index < -0.39 is 4.92 Å². The van der Waals surface area contributed by atoms with E-state index in [1.54, 1.807) is 36.4 Å². The van der Waals surface area contributed by atoms with E-state index in [4.69, 9.17) is 39.5 Å². The van der Waals surface area contributed by atoms with E-state index in [2.05, 4.69) is 0 Å². The molecule has 0 aliphatic rings. The molecule has 0 heterocycles. The van der Waals surface area contributed by atoms with Gasteiger partial charge in [-0.05, 0) is 29.8 Å². The first kappa shape index (κ1) is 16.6. The van der Waals surface area contributed by atoms with Crippen LogP contribution in [0.3, 0.4) is 0 Å². The number of halogens is 3. The van der Waals surface area contributed by atoms with Crippen LogP contribution in [0.5, 0.6) is 5.75 Å². The van der Waals surface area contributed by atoms with Crippen LogP contribution in [0.15, 0.2) is 42.6 Å². The molecule has 0 saturated carbocycles. The Morgan fingerprint density at radius 2 is 1.86 bits per heavy atom. The number of rotatable bonds is 5. The molecule has 7 heteroatoms. The van der Waals surface area contributed by atoms with Gasteiger partial charge in [0.25, 0.3) is 0 Å². The third kappa shape index (κ3) is 4.63. The Kier molecular flexibility index (Phi) is 5.66. The van der Waals surface area contributed by atoms with Gasteiger partial charge in [0.1, 0.15) is 12.4 Å². The first-order chi connectivity index (χ1) is 10.5. The second kappa shape index (κ2) is 7.49. The van der Waals surface area contributed by atoms with Crippen LogP contribution in [-0.2, 0) is 6.61 Å². The zero-order chi connectivity index (χ0) is 16.1. The second-order valence-electron chi connectivity index (χ2n) is 4.32. The van der Waals surface area contributed by atoms with E-state index in [0.717, 1.165) is 11.8 Å². The summed E-state index contributed by atoms with van der Waals surface area (Å²) in [6.45, 7) is 0.236. The van der Waals surface area contributed by atoms with Gasteiger partial charge in [-0.15, -0.1) is 0 Å². The van der Waals surface area contributed by atoms with E-state index in [0.29, 0.717) is 26.4 Å². The van der Waals surface area contributed by atoms with Crippen molar-refractivity contribution >= 4 is 40.9 Å². The maximum atomic E-state index is 10.3. The quantitative estimate of drug-likeness (QED) is 0.526. The van der Waals surface area contributed by atoms with Crippen LogP contribution in [0.1, 0.15) is 11.1 Å². The monoisotopic (exact) mass is 357 g/mol. The molecule has 0 bridgehead atoms. The fraction of sp³-hybridized carbons (Fsp3) is 0.0667. The SMILES string of the molecule is O=[N+]([O-])C=Cc1ccc(OCc2ccc(Cl)cc2Cl)c(Cl)c1. The van der Waals surface area contributed by atoms with Crippen LogP contribution >= 0.6 is 34.8 Å². The third-order valence-corrected chi connectivity index (χ3v) is 3.63. The van der Waals surface area contributed by atoms with Crippen molar-refractivity contribution in [3.63, 3.8) is 0 Å². The van der Waals surface area contributed by atoms with Crippen LogP contribution in [0, 0.1) is 10.1 Å². The van der Waals surface area contributed by atoms with E-state index in [1.165, 1.54) is 6.08 Å². The van der Waals surface area contributed by atoms with Crippen LogP contribution < -0.4 is 4.74 Å². The molecule has 0 aromatic heterocycles. The molecule has 4 nitrogen and oxygen atoms in total. The summed E-state index contributed by atoms with van der Waals surface area (Å²) in [5, 5.41) is 11.7. The summed E-state index contributed by atoms with van der Waals surface area (Å²) in [5.74, 6) is 0.464. The van der Waals surface area contributed by atoms with Crippen molar-refractivity contribution in [2.45, 2.75) is 6.61 Å². The molecule has 0 atom stereocenters.